The van der Waals surface area contributed by atoms with Gasteiger partial charge in [0.05, 0.1) is 0 Å². The lowest BCUT2D eigenvalue weighted by molar-refractivity contribution is -0.131. The predicted molar refractivity (Wildman–Crippen MR) is 124 cm³/mol. The van der Waals surface area contributed by atoms with Crippen molar-refractivity contribution in [2.75, 3.05) is 13.2 Å². The third-order valence-corrected chi connectivity index (χ3v) is 11.2. The Hall–Kier alpha value is -2.44. The Morgan fingerprint density at radius 2 is 1.42 bits per heavy atom. The molecule has 1 saturated heterocycles. The standard InChI is InChI=1S/C25H32O5Si/c1-24(2,3)31(4,5)30-21-12-10-20(11-13-21)25(14-16-29-17-15-25)19-8-6-18(7-9-19)22(26)23(27)28/h6-13H,14-17H2,1-5H3,(H,27,28). The van der Waals surface area contributed by atoms with Crippen LogP contribution in [0.2, 0.25) is 18.1 Å². The van der Waals surface area contributed by atoms with Crippen molar-refractivity contribution >= 4 is 20.1 Å². The van der Waals surface area contributed by atoms with Crippen LogP contribution >= 0.6 is 0 Å². The second-order valence-electron chi connectivity index (χ2n) is 9.79. The van der Waals surface area contributed by atoms with E-state index in [4.69, 9.17) is 14.3 Å². The quantitative estimate of drug-likeness (QED) is 0.368. The minimum Gasteiger partial charge on any atom is -0.544 e. The highest BCUT2D eigenvalue weighted by Gasteiger charge is 2.40. The minimum atomic E-state index is -1.91. The molecule has 0 saturated carbocycles. The summed E-state index contributed by atoms with van der Waals surface area (Å²) in [5, 5.41) is 9.09. The van der Waals surface area contributed by atoms with Crippen molar-refractivity contribution in [3.63, 3.8) is 0 Å². The van der Waals surface area contributed by atoms with E-state index in [0.717, 1.165) is 24.2 Å². The normalized spacial score (nSPS) is 16.5. The first kappa shape index (κ1) is 23.2. The molecule has 0 atom stereocenters. The Kier molecular flexibility index (Phi) is 6.44. The summed E-state index contributed by atoms with van der Waals surface area (Å²) in [4.78, 5) is 22.8. The van der Waals surface area contributed by atoms with Gasteiger partial charge >= 0.3 is 5.97 Å². The van der Waals surface area contributed by atoms with Crippen molar-refractivity contribution in [3.8, 4) is 5.75 Å². The van der Waals surface area contributed by atoms with Crippen molar-refractivity contribution in [1.82, 2.24) is 0 Å². The number of rotatable bonds is 6. The molecule has 3 rings (SSSR count). The Labute approximate surface area is 185 Å². The van der Waals surface area contributed by atoms with Crippen LogP contribution in [0.1, 0.15) is 55.1 Å². The number of benzene rings is 2. The van der Waals surface area contributed by atoms with Crippen LogP contribution in [0.4, 0.5) is 0 Å². The molecule has 166 valence electrons. The van der Waals surface area contributed by atoms with Crippen LogP contribution in [0.5, 0.6) is 5.75 Å². The predicted octanol–water partition coefficient (Wildman–Crippen LogP) is 5.43. The number of hydrogen-bond donors (Lipinski definition) is 1. The number of carboxylic acid groups (broad SMARTS) is 1. The zero-order valence-electron chi connectivity index (χ0n) is 19.0. The van der Waals surface area contributed by atoms with Gasteiger partial charge in [-0.05, 0) is 54.2 Å². The first-order valence-electron chi connectivity index (χ1n) is 10.7. The number of Topliss-reactive ketones (excluding diaryl/α,β-unsaturated/α-hetero) is 1. The molecule has 0 spiro atoms. The van der Waals surface area contributed by atoms with Gasteiger partial charge in [-0.1, -0.05) is 57.2 Å². The van der Waals surface area contributed by atoms with Crippen molar-refractivity contribution in [2.24, 2.45) is 0 Å². The summed E-state index contributed by atoms with van der Waals surface area (Å²) < 4.78 is 12.1. The smallest absolute Gasteiger partial charge is 0.377 e. The van der Waals surface area contributed by atoms with Gasteiger partial charge in [0.1, 0.15) is 5.75 Å². The molecule has 6 heteroatoms. The Balaban J connectivity index is 1.92. The molecule has 0 unspecified atom stereocenters. The van der Waals surface area contributed by atoms with Crippen molar-refractivity contribution in [3.05, 3.63) is 65.2 Å². The highest BCUT2D eigenvalue weighted by atomic mass is 28.4. The molecular weight excluding hydrogens is 408 g/mol. The fourth-order valence-corrected chi connectivity index (χ4v) is 4.85. The first-order chi connectivity index (χ1) is 14.5. The van der Waals surface area contributed by atoms with E-state index >= 15 is 0 Å². The van der Waals surface area contributed by atoms with Crippen LogP contribution in [-0.2, 0) is 14.9 Å². The molecule has 0 radical (unpaired) electrons. The van der Waals surface area contributed by atoms with E-state index in [0.29, 0.717) is 13.2 Å². The average Bonchev–Trinajstić information content (AvgIpc) is 2.73. The van der Waals surface area contributed by atoms with Gasteiger partial charge in [-0.3, -0.25) is 4.79 Å². The molecular formula is C25H32O5Si. The molecule has 5 nitrogen and oxygen atoms in total. The Bertz CT molecular complexity index is 933. The highest BCUT2D eigenvalue weighted by Crippen LogP contribution is 2.42. The van der Waals surface area contributed by atoms with Gasteiger partial charge in [-0.25, -0.2) is 4.79 Å². The Morgan fingerprint density at radius 3 is 1.87 bits per heavy atom. The molecule has 0 aromatic heterocycles. The maximum Gasteiger partial charge on any atom is 0.377 e. The van der Waals surface area contributed by atoms with Gasteiger partial charge < -0.3 is 14.3 Å². The number of ketones is 1. The molecule has 31 heavy (non-hydrogen) atoms. The van der Waals surface area contributed by atoms with E-state index < -0.39 is 20.1 Å². The topological polar surface area (TPSA) is 72.8 Å². The lowest BCUT2D eigenvalue weighted by Crippen LogP contribution is -2.43. The molecule has 2 aromatic carbocycles. The third kappa shape index (κ3) is 4.75. The van der Waals surface area contributed by atoms with Gasteiger partial charge in [-0.15, -0.1) is 0 Å². The molecule has 0 bridgehead atoms. The highest BCUT2D eigenvalue weighted by molar-refractivity contribution is 6.74. The van der Waals surface area contributed by atoms with Crippen LogP contribution < -0.4 is 4.43 Å². The van der Waals surface area contributed by atoms with E-state index in [9.17, 15) is 9.59 Å². The second kappa shape index (κ2) is 8.59. The van der Waals surface area contributed by atoms with Crippen molar-refractivity contribution in [2.45, 2.75) is 57.2 Å². The monoisotopic (exact) mass is 440 g/mol. The van der Waals surface area contributed by atoms with Gasteiger partial charge in [0.25, 0.3) is 5.78 Å². The maximum atomic E-state index is 11.8. The van der Waals surface area contributed by atoms with Crippen LogP contribution in [0.3, 0.4) is 0 Å². The summed E-state index contributed by atoms with van der Waals surface area (Å²) in [6.45, 7) is 12.5. The molecule has 1 aliphatic heterocycles. The molecule has 1 heterocycles. The zero-order chi connectivity index (χ0) is 22.9. The lowest BCUT2D eigenvalue weighted by atomic mass is 9.69. The maximum absolute atomic E-state index is 11.8. The fraction of sp³-hybridized carbons (Fsp3) is 0.440. The van der Waals surface area contributed by atoms with Gasteiger partial charge in [0, 0.05) is 24.2 Å². The van der Waals surface area contributed by atoms with Gasteiger partial charge in [0.2, 0.25) is 8.32 Å². The lowest BCUT2D eigenvalue weighted by Gasteiger charge is -2.39. The van der Waals surface area contributed by atoms with Crippen molar-refractivity contribution < 1.29 is 23.9 Å². The molecule has 1 N–H and O–H groups in total. The number of carbonyl (C=O) groups excluding carboxylic acids is 1. The number of hydrogen-bond acceptors (Lipinski definition) is 4. The largest absolute Gasteiger partial charge is 0.544 e. The van der Waals surface area contributed by atoms with Crippen LogP contribution in [0, 0.1) is 0 Å². The van der Waals surface area contributed by atoms with Crippen molar-refractivity contribution in [1.29, 1.82) is 0 Å². The Morgan fingerprint density at radius 1 is 0.935 bits per heavy atom. The summed E-state index contributed by atoms with van der Waals surface area (Å²) in [5.41, 5.74) is 2.20. The van der Waals surface area contributed by atoms with Gasteiger partial charge in [0.15, 0.2) is 0 Å². The summed E-state index contributed by atoms with van der Waals surface area (Å²) in [6, 6.07) is 15.3. The summed E-state index contributed by atoms with van der Waals surface area (Å²) >= 11 is 0. The van der Waals surface area contributed by atoms with Crippen LogP contribution in [-0.4, -0.2) is 38.4 Å². The van der Waals surface area contributed by atoms with Crippen LogP contribution in [0.25, 0.3) is 0 Å². The first-order valence-corrected chi connectivity index (χ1v) is 13.6. The fourth-order valence-electron chi connectivity index (χ4n) is 3.82. The van der Waals surface area contributed by atoms with E-state index in [-0.39, 0.29) is 16.0 Å². The summed E-state index contributed by atoms with van der Waals surface area (Å²) in [7, 11) is -1.91. The second-order valence-corrected chi connectivity index (χ2v) is 14.5. The minimum absolute atomic E-state index is 0.128. The number of carbonyl (C=O) groups is 2. The number of carboxylic acids is 1. The van der Waals surface area contributed by atoms with E-state index in [1.54, 1.807) is 12.1 Å². The van der Waals surface area contributed by atoms with E-state index in [2.05, 4.69) is 58.1 Å². The molecule has 1 aliphatic rings. The molecule has 1 fully saturated rings. The van der Waals surface area contributed by atoms with E-state index in [1.165, 1.54) is 5.56 Å². The van der Waals surface area contributed by atoms with Gasteiger partial charge in [-0.2, -0.15) is 0 Å². The molecule has 0 amide bonds. The zero-order valence-corrected chi connectivity index (χ0v) is 20.0. The van der Waals surface area contributed by atoms with E-state index in [1.807, 2.05) is 12.1 Å². The summed E-state index contributed by atoms with van der Waals surface area (Å²) in [6.07, 6.45) is 1.64. The molecule has 0 aliphatic carbocycles. The average molecular weight is 441 g/mol. The van der Waals surface area contributed by atoms with Crippen LogP contribution in [0.15, 0.2) is 48.5 Å². The summed E-state index contributed by atoms with van der Waals surface area (Å²) in [5.74, 6) is -1.44. The third-order valence-electron chi connectivity index (χ3n) is 6.83. The molecule has 2 aromatic rings. The SMILES string of the molecule is CC(C)(C)[Si](C)(C)Oc1ccc(C2(c3ccc(C(=O)C(=O)O)cc3)CCOCC2)cc1. The number of aliphatic carboxylic acids is 1. The number of ether oxygens (including phenoxy) is 1.